The van der Waals surface area contributed by atoms with E-state index in [-0.39, 0.29) is 6.42 Å². The molecule has 0 aliphatic rings. The van der Waals surface area contributed by atoms with Gasteiger partial charge in [-0.05, 0) is 45.4 Å². The van der Waals surface area contributed by atoms with Crippen LogP contribution in [-0.2, 0) is 16.0 Å². The van der Waals surface area contributed by atoms with Gasteiger partial charge in [0.1, 0.15) is 11.6 Å². The minimum Gasteiger partial charge on any atom is -0.480 e. The molecule has 0 saturated carbocycles. The van der Waals surface area contributed by atoms with Gasteiger partial charge in [-0.15, -0.1) is 5.92 Å². The molecule has 0 aliphatic heterocycles. The van der Waals surface area contributed by atoms with Crippen LogP contribution in [0.2, 0.25) is 0 Å². The van der Waals surface area contributed by atoms with E-state index in [1.165, 1.54) is 0 Å². The predicted molar refractivity (Wildman–Crippen MR) is 83.5 cm³/mol. The Bertz CT molecular complexity index is 588. The molecule has 22 heavy (non-hydrogen) atoms. The maximum absolute atomic E-state index is 11.7. The van der Waals surface area contributed by atoms with E-state index < -0.39 is 23.7 Å². The fourth-order valence-electron chi connectivity index (χ4n) is 1.75. The quantitative estimate of drug-likeness (QED) is 0.838. The Labute approximate surface area is 130 Å². The number of carboxylic acids is 1. The molecule has 0 saturated heterocycles. The third-order valence-electron chi connectivity index (χ3n) is 2.65. The molecule has 1 unspecified atom stereocenters. The summed E-state index contributed by atoms with van der Waals surface area (Å²) in [4.78, 5) is 23.0. The summed E-state index contributed by atoms with van der Waals surface area (Å²) in [6.07, 6.45) is -0.567. The summed E-state index contributed by atoms with van der Waals surface area (Å²) in [5, 5.41) is 11.6. The van der Waals surface area contributed by atoms with Crippen molar-refractivity contribution in [1.82, 2.24) is 5.32 Å². The second-order valence-corrected chi connectivity index (χ2v) is 5.81. The maximum atomic E-state index is 11.7. The van der Waals surface area contributed by atoms with Crippen LogP contribution >= 0.6 is 0 Å². The zero-order valence-electron chi connectivity index (χ0n) is 13.3. The van der Waals surface area contributed by atoms with E-state index in [9.17, 15) is 14.7 Å². The summed E-state index contributed by atoms with van der Waals surface area (Å²) in [5.41, 5.74) is 0.983. The average Bonchev–Trinajstić information content (AvgIpc) is 2.38. The number of amides is 1. The summed E-state index contributed by atoms with van der Waals surface area (Å²) in [5.74, 6) is 4.60. The number of carboxylic acid groups (broad SMARTS) is 1. The topological polar surface area (TPSA) is 75.6 Å². The molecule has 0 bridgehead atoms. The Balaban J connectivity index is 2.73. The van der Waals surface area contributed by atoms with Crippen molar-refractivity contribution in [2.45, 2.75) is 45.8 Å². The van der Waals surface area contributed by atoms with Crippen molar-refractivity contribution >= 4 is 12.1 Å². The van der Waals surface area contributed by atoms with E-state index in [4.69, 9.17) is 4.74 Å². The first kappa shape index (κ1) is 17.6. The number of aliphatic carboxylic acids is 1. The van der Waals surface area contributed by atoms with Gasteiger partial charge >= 0.3 is 12.1 Å². The highest BCUT2D eigenvalue weighted by molar-refractivity contribution is 5.80. The fraction of sp³-hybridized carbons (Fsp3) is 0.412. The molecule has 1 amide bonds. The number of hydrogen-bond acceptors (Lipinski definition) is 3. The van der Waals surface area contributed by atoms with Gasteiger partial charge in [-0.2, -0.15) is 0 Å². The molecule has 0 aliphatic carbocycles. The molecule has 1 aromatic rings. The lowest BCUT2D eigenvalue weighted by atomic mass is 10.0. The predicted octanol–water partition coefficient (Wildman–Crippen LogP) is 2.58. The van der Waals surface area contributed by atoms with E-state index in [1.807, 2.05) is 12.1 Å². The molecule has 0 fully saturated rings. The van der Waals surface area contributed by atoms with Crippen LogP contribution in [0.15, 0.2) is 24.3 Å². The lowest BCUT2D eigenvalue weighted by molar-refractivity contribution is -0.139. The number of rotatable bonds is 4. The molecule has 0 spiro atoms. The highest BCUT2D eigenvalue weighted by Crippen LogP contribution is 2.09. The lowest BCUT2D eigenvalue weighted by Crippen LogP contribution is -2.44. The highest BCUT2D eigenvalue weighted by atomic mass is 16.6. The van der Waals surface area contributed by atoms with Gasteiger partial charge in [0, 0.05) is 12.0 Å². The number of carbonyl (C=O) groups excluding carboxylic acids is 1. The van der Waals surface area contributed by atoms with E-state index in [2.05, 4.69) is 17.2 Å². The second-order valence-electron chi connectivity index (χ2n) is 5.81. The van der Waals surface area contributed by atoms with Crippen molar-refractivity contribution in [1.29, 1.82) is 0 Å². The lowest BCUT2D eigenvalue weighted by Gasteiger charge is -2.22. The van der Waals surface area contributed by atoms with Crippen LogP contribution in [0.25, 0.3) is 0 Å². The normalized spacial score (nSPS) is 11.8. The number of hydrogen-bond donors (Lipinski definition) is 2. The summed E-state index contributed by atoms with van der Waals surface area (Å²) in [7, 11) is 0. The summed E-state index contributed by atoms with van der Waals surface area (Å²) < 4.78 is 5.08. The minimum atomic E-state index is -1.11. The van der Waals surface area contributed by atoms with Crippen LogP contribution in [0, 0.1) is 11.8 Å². The second kappa shape index (κ2) is 7.51. The van der Waals surface area contributed by atoms with Gasteiger partial charge in [-0.3, -0.25) is 0 Å². The number of alkyl carbamates (subject to hydrolysis) is 1. The Hall–Kier alpha value is -2.48. The zero-order chi connectivity index (χ0) is 16.8. The smallest absolute Gasteiger partial charge is 0.408 e. The van der Waals surface area contributed by atoms with Gasteiger partial charge in [0.25, 0.3) is 0 Å². The van der Waals surface area contributed by atoms with Crippen molar-refractivity contribution < 1.29 is 19.4 Å². The number of nitrogens with one attached hydrogen (secondary N) is 1. The summed E-state index contributed by atoms with van der Waals surface area (Å²) >= 11 is 0. The Kier molecular flexibility index (Phi) is 6.00. The molecule has 118 valence electrons. The molecule has 0 heterocycles. The summed E-state index contributed by atoms with van der Waals surface area (Å²) in [6, 6.07) is 6.19. The molecule has 1 atom stereocenters. The van der Waals surface area contributed by atoms with Crippen LogP contribution in [0.3, 0.4) is 0 Å². The molecule has 1 aromatic carbocycles. The fourth-order valence-corrected chi connectivity index (χ4v) is 1.75. The minimum absolute atomic E-state index is 0.175. The van der Waals surface area contributed by atoms with Crippen molar-refractivity contribution in [2.75, 3.05) is 0 Å². The number of benzene rings is 1. The number of carbonyl (C=O) groups is 2. The van der Waals surface area contributed by atoms with Crippen LogP contribution in [0.1, 0.15) is 38.8 Å². The molecule has 5 nitrogen and oxygen atoms in total. The van der Waals surface area contributed by atoms with E-state index >= 15 is 0 Å². The maximum Gasteiger partial charge on any atom is 0.408 e. The Morgan fingerprint density at radius 2 is 1.86 bits per heavy atom. The molecular formula is C17H21NO4. The third kappa shape index (κ3) is 6.31. The highest BCUT2D eigenvalue weighted by Gasteiger charge is 2.24. The van der Waals surface area contributed by atoms with E-state index in [0.29, 0.717) is 0 Å². The van der Waals surface area contributed by atoms with Gasteiger partial charge in [0.05, 0.1) is 0 Å². The molecule has 0 radical (unpaired) electrons. The largest absolute Gasteiger partial charge is 0.480 e. The molecule has 2 N–H and O–H groups in total. The molecular weight excluding hydrogens is 282 g/mol. The average molecular weight is 303 g/mol. The van der Waals surface area contributed by atoms with Crippen molar-refractivity contribution in [2.24, 2.45) is 0 Å². The van der Waals surface area contributed by atoms with Gasteiger partial charge in [0.15, 0.2) is 0 Å². The van der Waals surface area contributed by atoms with Gasteiger partial charge in [-0.25, -0.2) is 9.59 Å². The summed E-state index contributed by atoms with van der Waals surface area (Å²) in [6.45, 7) is 6.90. The molecule has 0 aromatic heterocycles. The Morgan fingerprint density at radius 3 is 2.32 bits per heavy atom. The molecule has 1 rings (SSSR count). The monoisotopic (exact) mass is 303 g/mol. The van der Waals surface area contributed by atoms with Gasteiger partial charge in [0.2, 0.25) is 0 Å². The van der Waals surface area contributed by atoms with Crippen LogP contribution in [0.4, 0.5) is 4.79 Å². The van der Waals surface area contributed by atoms with Gasteiger partial charge in [-0.1, -0.05) is 18.1 Å². The van der Waals surface area contributed by atoms with Crippen molar-refractivity contribution in [3.63, 3.8) is 0 Å². The van der Waals surface area contributed by atoms with Crippen molar-refractivity contribution in [3.8, 4) is 11.8 Å². The van der Waals surface area contributed by atoms with Gasteiger partial charge < -0.3 is 15.2 Å². The Morgan fingerprint density at radius 1 is 1.27 bits per heavy atom. The molecule has 5 heteroatoms. The van der Waals surface area contributed by atoms with Crippen molar-refractivity contribution in [3.05, 3.63) is 35.4 Å². The van der Waals surface area contributed by atoms with E-state index in [1.54, 1.807) is 39.8 Å². The number of ether oxygens (including phenoxy) is 1. The van der Waals surface area contributed by atoms with E-state index in [0.717, 1.165) is 11.1 Å². The van der Waals surface area contributed by atoms with Crippen LogP contribution in [-0.4, -0.2) is 28.8 Å². The third-order valence-corrected chi connectivity index (χ3v) is 2.65. The zero-order valence-corrected chi connectivity index (χ0v) is 13.3. The first-order chi connectivity index (χ1) is 10.2. The first-order valence-electron chi connectivity index (χ1n) is 6.95. The standard InChI is InChI=1S/C17H21NO4/c1-5-6-12-7-9-13(10-8-12)11-14(15(19)20)18-16(21)22-17(2,3)4/h7-10,14H,11H2,1-4H3,(H,18,21)(H,19,20). The van der Waals surface area contributed by atoms with Crippen LogP contribution < -0.4 is 5.32 Å². The van der Waals surface area contributed by atoms with Crippen LogP contribution in [0.5, 0.6) is 0 Å². The SMILES string of the molecule is CC#Cc1ccc(CC(NC(=O)OC(C)(C)C)C(=O)O)cc1. The first-order valence-corrected chi connectivity index (χ1v) is 6.95.